The van der Waals surface area contributed by atoms with Crippen LogP contribution in [0.1, 0.15) is 24.6 Å². The molecule has 0 radical (unpaired) electrons. The lowest BCUT2D eigenvalue weighted by atomic mass is 9.96. The van der Waals surface area contributed by atoms with E-state index in [1.165, 1.54) is 12.4 Å². The lowest BCUT2D eigenvalue weighted by Gasteiger charge is -2.30. The minimum absolute atomic E-state index is 0.239. The number of pyridine rings is 1. The smallest absolute Gasteiger partial charge is 0.225 e. The number of hydrogen-bond donors (Lipinski definition) is 0. The number of rotatable bonds is 3. The van der Waals surface area contributed by atoms with Crippen molar-refractivity contribution in [2.45, 2.75) is 18.8 Å². The van der Waals surface area contributed by atoms with Crippen LogP contribution in [-0.4, -0.2) is 47.9 Å². The molecule has 1 aliphatic heterocycles. The van der Waals surface area contributed by atoms with Crippen molar-refractivity contribution in [2.24, 2.45) is 0 Å². The van der Waals surface area contributed by atoms with Gasteiger partial charge in [-0.2, -0.15) is 9.61 Å². The zero-order valence-corrected chi connectivity index (χ0v) is 15.0. The number of hydrogen-bond acceptors (Lipinski definition) is 7. The SMILES string of the molecule is Fc1cnc(N2CCC(c3nnc4ccc(-c5cccnc5)nn34)CC2)nc1. The van der Waals surface area contributed by atoms with Crippen LogP contribution in [0.15, 0.2) is 49.1 Å². The lowest BCUT2D eigenvalue weighted by molar-refractivity contribution is 0.472. The quantitative estimate of drug-likeness (QED) is 0.543. The standard InChI is InChI=1S/C19H17FN8/c20-15-11-22-19(23-12-15)27-8-5-13(6-9-27)18-25-24-17-4-3-16(26-28(17)18)14-2-1-7-21-10-14/h1-4,7,10-13H,5-6,8-9H2. The maximum Gasteiger partial charge on any atom is 0.225 e. The average Bonchev–Trinajstić information content (AvgIpc) is 3.18. The van der Waals surface area contributed by atoms with Gasteiger partial charge in [-0.25, -0.2) is 14.4 Å². The Morgan fingerprint density at radius 3 is 2.54 bits per heavy atom. The van der Waals surface area contributed by atoms with Gasteiger partial charge in [-0.3, -0.25) is 4.98 Å². The Balaban J connectivity index is 1.39. The first-order valence-electron chi connectivity index (χ1n) is 9.13. The molecule has 28 heavy (non-hydrogen) atoms. The van der Waals surface area contributed by atoms with E-state index in [-0.39, 0.29) is 5.92 Å². The summed E-state index contributed by atoms with van der Waals surface area (Å²) in [6.07, 6.45) is 7.68. The Labute approximate surface area is 160 Å². The van der Waals surface area contributed by atoms with Crippen LogP contribution in [0.2, 0.25) is 0 Å². The molecule has 0 spiro atoms. The summed E-state index contributed by atoms with van der Waals surface area (Å²) >= 11 is 0. The van der Waals surface area contributed by atoms with Crippen molar-refractivity contribution in [2.75, 3.05) is 18.0 Å². The maximum absolute atomic E-state index is 13.0. The molecule has 0 saturated carbocycles. The van der Waals surface area contributed by atoms with E-state index in [1.807, 2.05) is 28.8 Å². The third-order valence-corrected chi connectivity index (χ3v) is 4.99. The molecule has 0 aromatic carbocycles. The van der Waals surface area contributed by atoms with E-state index >= 15 is 0 Å². The molecule has 0 bridgehead atoms. The van der Waals surface area contributed by atoms with Crippen molar-refractivity contribution >= 4 is 11.6 Å². The van der Waals surface area contributed by atoms with E-state index in [9.17, 15) is 4.39 Å². The van der Waals surface area contributed by atoms with Gasteiger partial charge in [0.25, 0.3) is 0 Å². The van der Waals surface area contributed by atoms with Crippen molar-refractivity contribution in [1.29, 1.82) is 0 Å². The Kier molecular flexibility index (Phi) is 4.12. The molecule has 0 atom stereocenters. The van der Waals surface area contributed by atoms with E-state index in [0.29, 0.717) is 5.95 Å². The van der Waals surface area contributed by atoms with Crippen LogP contribution in [0.4, 0.5) is 10.3 Å². The highest BCUT2D eigenvalue weighted by molar-refractivity contribution is 5.58. The predicted molar refractivity (Wildman–Crippen MR) is 100 cm³/mol. The second-order valence-corrected chi connectivity index (χ2v) is 6.75. The second kappa shape index (κ2) is 6.91. The van der Waals surface area contributed by atoms with Gasteiger partial charge in [-0.1, -0.05) is 0 Å². The van der Waals surface area contributed by atoms with Crippen LogP contribution in [0.5, 0.6) is 0 Å². The Hall–Kier alpha value is -3.49. The number of piperidine rings is 1. The first-order valence-corrected chi connectivity index (χ1v) is 9.13. The molecule has 140 valence electrons. The van der Waals surface area contributed by atoms with Gasteiger partial charge in [-0.05, 0) is 37.1 Å². The van der Waals surface area contributed by atoms with Crippen LogP contribution in [0.3, 0.4) is 0 Å². The number of anilines is 1. The Morgan fingerprint density at radius 1 is 0.964 bits per heavy atom. The average molecular weight is 376 g/mol. The summed E-state index contributed by atoms with van der Waals surface area (Å²) in [5, 5.41) is 13.4. The van der Waals surface area contributed by atoms with E-state index in [0.717, 1.165) is 48.7 Å². The van der Waals surface area contributed by atoms with Gasteiger partial charge in [0.15, 0.2) is 17.3 Å². The number of nitrogens with zero attached hydrogens (tertiary/aromatic N) is 8. The summed E-state index contributed by atoms with van der Waals surface area (Å²) in [5.41, 5.74) is 2.51. The van der Waals surface area contributed by atoms with Gasteiger partial charge in [0.05, 0.1) is 18.1 Å². The van der Waals surface area contributed by atoms with E-state index in [2.05, 4.69) is 30.0 Å². The number of fused-ring (bicyclic) bond motifs is 1. The minimum atomic E-state index is -0.427. The third kappa shape index (κ3) is 3.04. The predicted octanol–water partition coefficient (Wildman–Crippen LogP) is 2.50. The van der Waals surface area contributed by atoms with Gasteiger partial charge < -0.3 is 4.90 Å². The molecule has 0 aliphatic carbocycles. The molecule has 5 rings (SSSR count). The molecule has 1 fully saturated rings. The summed E-state index contributed by atoms with van der Waals surface area (Å²) < 4.78 is 14.9. The molecular formula is C19H17FN8. The molecule has 9 heteroatoms. The fourth-order valence-corrected chi connectivity index (χ4v) is 3.53. The molecule has 4 aromatic rings. The molecular weight excluding hydrogens is 359 g/mol. The van der Waals surface area contributed by atoms with Gasteiger partial charge in [0, 0.05) is 37.0 Å². The largest absolute Gasteiger partial charge is 0.341 e. The lowest BCUT2D eigenvalue weighted by Crippen LogP contribution is -2.34. The maximum atomic E-state index is 13.0. The van der Waals surface area contributed by atoms with Crippen LogP contribution in [0.25, 0.3) is 16.9 Å². The highest BCUT2D eigenvalue weighted by Gasteiger charge is 2.26. The van der Waals surface area contributed by atoms with Crippen molar-refractivity contribution in [3.63, 3.8) is 0 Å². The Bertz CT molecular complexity index is 1090. The summed E-state index contributed by atoms with van der Waals surface area (Å²) in [6, 6.07) is 7.72. The van der Waals surface area contributed by atoms with Gasteiger partial charge in [0.1, 0.15) is 0 Å². The normalized spacial score (nSPS) is 15.2. The monoisotopic (exact) mass is 376 g/mol. The molecule has 0 amide bonds. The molecule has 4 aromatic heterocycles. The molecule has 1 saturated heterocycles. The number of halogens is 1. The first kappa shape index (κ1) is 16.7. The van der Waals surface area contributed by atoms with Gasteiger partial charge in [0.2, 0.25) is 5.95 Å². The van der Waals surface area contributed by atoms with Crippen LogP contribution < -0.4 is 4.90 Å². The first-order chi connectivity index (χ1) is 13.8. The second-order valence-electron chi connectivity index (χ2n) is 6.75. The fraction of sp³-hybridized carbons (Fsp3) is 0.263. The van der Waals surface area contributed by atoms with Crippen molar-refractivity contribution in [3.8, 4) is 11.3 Å². The third-order valence-electron chi connectivity index (χ3n) is 4.99. The van der Waals surface area contributed by atoms with Crippen molar-refractivity contribution in [1.82, 2.24) is 34.8 Å². The van der Waals surface area contributed by atoms with Crippen molar-refractivity contribution < 1.29 is 4.39 Å². The van der Waals surface area contributed by atoms with Gasteiger partial charge in [-0.15, -0.1) is 10.2 Å². The fourth-order valence-electron chi connectivity index (χ4n) is 3.53. The topological polar surface area (TPSA) is 85.0 Å². The van der Waals surface area contributed by atoms with E-state index in [1.54, 1.807) is 12.4 Å². The van der Waals surface area contributed by atoms with Crippen LogP contribution >= 0.6 is 0 Å². The number of aromatic nitrogens is 7. The zero-order chi connectivity index (χ0) is 18.9. The van der Waals surface area contributed by atoms with E-state index < -0.39 is 5.82 Å². The van der Waals surface area contributed by atoms with Gasteiger partial charge >= 0.3 is 0 Å². The van der Waals surface area contributed by atoms with E-state index in [4.69, 9.17) is 5.10 Å². The van der Waals surface area contributed by atoms with Crippen molar-refractivity contribution in [3.05, 3.63) is 60.7 Å². The summed E-state index contributed by atoms with van der Waals surface area (Å²) in [5.74, 6) is 1.23. The Morgan fingerprint density at radius 2 is 1.79 bits per heavy atom. The zero-order valence-electron chi connectivity index (χ0n) is 15.0. The summed E-state index contributed by atoms with van der Waals surface area (Å²) in [7, 11) is 0. The molecule has 0 unspecified atom stereocenters. The molecule has 8 nitrogen and oxygen atoms in total. The highest BCUT2D eigenvalue weighted by atomic mass is 19.1. The molecule has 1 aliphatic rings. The highest BCUT2D eigenvalue weighted by Crippen LogP contribution is 2.28. The molecule has 5 heterocycles. The summed E-state index contributed by atoms with van der Waals surface area (Å²) in [4.78, 5) is 14.4. The van der Waals surface area contributed by atoms with Crippen LogP contribution in [0, 0.1) is 5.82 Å². The minimum Gasteiger partial charge on any atom is -0.341 e. The summed E-state index contributed by atoms with van der Waals surface area (Å²) in [6.45, 7) is 1.54. The molecule has 0 N–H and O–H groups in total. The van der Waals surface area contributed by atoms with Crippen LogP contribution in [-0.2, 0) is 0 Å².